The molecule has 0 fully saturated rings. The fourth-order valence-corrected chi connectivity index (χ4v) is 2.41. The van der Waals surface area contributed by atoms with Crippen molar-refractivity contribution in [3.63, 3.8) is 0 Å². The third-order valence-corrected chi connectivity index (χ3v) is 3.87. The Labute approximate surface area is 143 Å². The van der Waals surface area contributed by atoms with Gasteiger partial charge in [-0.05, 0) is 45.4 Å². The van der Waals surface area contributed by atoms with Crippen molar-refractivity contribution in [3.8, 4) is 11.5 Å². The molecule has 0 aliphatic rings. The van der Waals surface area contributed by atoms with Crippen LogP contribution in [0.5, 0.6) is 11.5 Å². The summed E-state index contributed by atoms with van der Waals surface area (Å²) in [6, 6.07) is 15.2. The maximum atomic E-state index is 12.9. The monoisotopic (exact) mass is 327 g/mol. The lowest BCUT2D eigenvalue weighted by Crippen LogP contribution is -2.34. The third kappa shape index (κ3) is 4.07. The minimum absolute atomic E-state index is 0.0942. The highest BCUT2D eigenvalue weighted by Gasteiger charge is 2.30. The molecule has 0 aromatic heterocycles. The topological polar surface area (TPSA) is 47.6 Å². The van der Waals surface area contributed by atoms with Gasteiger partial charge < -0.3 is 14.8 Å². The van der Waals surface area contributed by atoms with Crippen molar-refractivity contribution >= 4 is 11.6 Å². The third-order valence-electron chi connectivity index (χ3n) is 3.87. The van der Waals surface area contributed by atoms with Gasteiger partial charge in [0.15, 0.2) is 0 Å². The normalized spacial score (nSPS) is 11.0. The lowest BCUT2D eigenvalue weighted by atomic mass is 9.83. The van der Waals surface area contributed by atoms with E-state index in [1.807, 2.05) is 70.2 Å². The highest BCUT2D eigenvalue weighted by Crippen LogP contribution is 2.32. The molecule has 0 spiro atoms. The quantitative estimate of drug-likeness (QED) is 0.820. The van der Waals surface area contributed by atoms with Crippen molar-refractivity contribution in [3.05, 3.63) is 54.1 Å². The van der Waals surface area contributed by atoms with Crippen LogP contribution in [0.4, 0.5) is 5.69 Å². The molecule has 0 saturated heterocycles. The number of hydrogen-bond acceptors (Lipinski definition) is 3. The Morgan fingerprint density at radius 1 is 1.00 bits per heavy atom. The Bertz CT molecular complexity index is 681. The number of ether oxygens (including phenoxy) is 2. The lowest BCUT2D eigenvalue weighted by molar-refractivity contribution is -0.120. The molecular weight excluding hydrogens is 302 g/mol. The summed E-state index contributed by atoms with van der Waals surface area (Å²) in [5, 5.41) is 2.99. The van der Waals surface area contributed by atoms with Crippen molar-refractivity contribution in [2.24, 2.45) is 0 Å². The van der Waals surface area contributed by atoms with Crippen molar-refractivity contribution in [2.45, 2.75) is 33.1 Å². The lowest BCUT2D eigenvalue weighted by Gasteiger charge is -2.25. The van der Waals surface area contributed by atoms with Crippen LogP contribution in [0.25, 0.3) is 0 Å². The van der Waals surface area contributed by atoms with E-state index in [9.17, 15) is 4.79 Å². The number of rotatable bonds is 7. The molecule has 2 aromatic carbocycles. The van der Waals surface area contributed by atoms with Crippen LogP contribution in [0.15, 0.2) is 48.5 Å². The van der Waals surface area contributed by atoms with Crippen LogP contribution in [-0.4, -0.2) is 19.1 Å². The maximum Gasteiger partial charge on any atom is 0.234 e. The number of amides is 1. The number of benzene rings is 2. The number of nitrogens with one attached hydrogen (secondary N) is 1. The standard InChI is InChI=1S/C20H25NO3/c1-5-23-16-12-13-18(24-6-2)17(14-16)21-19(22)20(3,4)15-10-8-7-9-11-15/h7-14H,5-6H2,1-4H3,(H,21,22). The Hall–Kier alpha value is -2.49. The molecule has 128 valence electrons. The van der Waals surface area contributed by atoms with Crippen molar-refractivity contribution in [1.82, 2.24) is 0 Å². The molecule has 0 atom stereocenters. The van der Waals surface area contributed by atoms with E-state index in [1.54, 1.807) is 6.07 Å². The molecule has 0 heterocycles. The second-order valence-electron chi connectivity index (χ2n) is 5.97. The average molecular weight is 327 g/mol. The molecule has 0 radical (unpaired) electrons. The van der Waals surface area contributed by atoms with Crippen LogP contribution in [-0.2, 0) is 10.2 Å². The van der Waals surface area contributed by atoms with Gasteiger partial charge in [0, 0.05) is 6.07 Å². The number of hydrogen-bond donors (Lipinski definition) is 1. The molecule has 24 heavy (non-hydrogen) atoms. The first kappa shape index (κ1) is 17.9. The molecule has 0 unspecified atom stereocenters. The van der Waals surface area contributed by atoms with Crippen LogP contribution in [0.1, 0.15) is 33.3 Å². The predicted molar refractivity (Wildman–Crippen MR) is 96.9 cm³/mol. The van der Waals surface area contributed by atoms with Gasteiger partial charge in [0.05, 0.1) is 24.3 Å². The van der Waals surface area contributed by atoms with E-state index < -0.39 is 5.41 Å². The summed E-state index contributed by atoms with van der Waals surface area (Å²) in [6.45, 7) is 8.74. The average Bonchev–Trinajstić information content (AvgIpc) is 2.58. The van der Waals surface area contributed by atoms with Gasteiger partial charge in [-0.15, -0.1) is 0 Å². The van der Waals surface area contributed by atoms with Gasteiger partial charge >= 0.3 is 0 Å². The second-order valence-corrected chi connectivity index (χ2v) is 5.97. The first-order valence-electron chi connectivity index (χ1n) is 8.25. The molecule has 1 amide bonds. The van der Waals surface area contributed by atoms with Crippen molar-refractivity contribution in [2.75, 3.05) is 18.5 Å². The molecule has 0 aliphatic carbocycles. The van der Waals surface area contributed by atoms with E-state index in [4.69, 9.17) is 9.47 Å². The van der Waals surface area contributed by atoms with Crippen LogP contribution in [0.2, 0.25) is 0 Å². The van der Waals surface area contributed by atoms with Gasteiger partial charge in [0.25, 0.3) is 0 Å². The van der Waals surface area contributed by atoms with Gasteiger partial charge in [-0.1, -0.05) is 30.3 Å². The zero-order chi connectivity index (χ0) is 17.6. The minimum Gasteiger partial charge on any atom is -0.494 e. The summed E-state index contributed by atoms with van der Waals surface area (Å²) < 4.78 is 11.1. The smallest absolute Gasteiger partial charge is 0.234 e. The van der Waals surface area contributed by atoms with Crippen LogP contribution < -0.4 is 14.8 Å². The molecule has 2 rings (SSSR count). The number of carbonyl (C=O) groups excluding carboxylic acids is 1. The van der Waals surface area contributed by atoms with E-state index in [-0.39, 0.29) is 5.91 Å². The van der Waals surface area contributed by atoms with Gasteiger partial charge in [0.1, 0.15) is 11.5 Å². The Balaban J connectivity index is 2.28. The first-order valence-corrected chi connectivity index (χ1v) is 8.25. The zero-order valence-corrected chi connectivity index (χ0v) is 14.8. The summed E-state index contributed by atoms with van der Waals surface area (Å²) in [6.07, 6.45) is 0. The molecule has 4 nitrogen and oxygen atoms in total. The molecule has 4 heteroatoms. The zero-order valence-electron chi connectivity index (χ0n) is 14.8. The van der Waals surface area contributed by atoms with E-state index in [0.717, 1.165) is 5.56 Å². The highest BCUT2D eigenvalue weighted by atomic mass is 16.5. The SMILES string of the molecule is CCOc1ccc(OCC)c(NC(=O)C(C)(C)c2ccccc2)c1. The fourth-order valence-electron chi connectivity index (χ4n) is 2.41. The summed E-state index contributed by atoms with van der Waals surface area (Å²) in [4.78, 5) is 12.9. The van der Waals surface area contributed by atoms with E-state index in [1.165, 1.54) is 0 Å². The Morgan fingerprint density at radius 2 is 1.67 bits per heavy atom. The molecular formula is C20H25NO3. The van der Waals surface area contributed by atoms with Gasteiger partial charge in [0.2, 0.25) is 5.91 Å². The summed E-state index contributed by atoms with van der Waals surface area (Å²) in [7, 11) is 0. The van der Waals surface area contributed by atoms with E-state index >= 15 is 0 Å². The Morgan fingerprint density at radius 3 is 2.29 bits per heavy atom. The van der Waals surface area contributed by atoms with Gasteiger partial charge in [-0.2, -0.15) is 0 Å². The molecule has 2 aromatic rings. The second kappa shape index (κ2) is 7.86. The van der Waals surface area contributed by atoms with Gasteiger partial charge in [-0.25, -0.2) is 0 Å². The van der Waals surface area contributed by atoms with Crippen molar-refractivity contribution in [1.29, 1.82) is 0 Å². The van der Waals surface area contributed by atoms with E-state index in [0.29, 0.717) is 30.4 Å². The fraction of sp³-hybridized carbons (Fsp3) is 0.350. The highest BCUT2D eigenvalue weighted by molar-refractivity contribution is 5.99. The van der Waals surface area contributed by atoms with E-state index in [2.05, 4.69) is 5.32 Å². The van der Waals surface area contributed by atoms with Crippen LogP contribution >= 0.6 is 0 Å². The predicted octanol–water partition coefficient (Wildman–Crippen LogP) is 4.40. The molecule has 1 N–H and O–H groups in total. The molecule has 0 saturated carbocycles. The van der Waals surface area contributed by atoms with Crippen molar-refractivity contribution < 1.29 is 14.3 Å². The van der Waals surface area contributed by atoms with Crippen LogP contribution in [0, 0.1) is 0 Å². The largest absolute Gasteiger partial charge is 0.494 e. The summed E-state index contributed by atoms with van der Waals surface area (Å²) in [5.41, 5.74) is 0.921. The Kier molecular flexibility index (Phi) is 5.85. The number of carbonyl (C=O) groups is 1. The maximum absolute atomic E-state index is 12.9. The first-order chi connectivity index (χ1) is 11.5. The van der Waals surface area contributed by atoms with Crippen LogP contribution in [0.3, 0.4) is 0 Å². The van der Waals surface area contributed by atoms with Gasteiger partial charge in [-0.3, -0.25) is 4.79 Å². The summed E-state index contributed by atoms with van der Waals surface area (Å²) >= 11 is 0. The molecule has 0 bridgehead atoms. The summed E-state index contributed by atoms with van der Waals surface area (Å²) in [5.74, 6) is 1.25. The number of anilines is 1. The molecule has 0 aliphatic heterocycles. The minimum atomic E-state index is -0.660.